The number of nitrogens with two attached hydrogens (primary N) is 1. The van der Waals surface area contributed by atoms with E-state index in [-0.39, 0.29) is 5.91 Å². The molecule has 102 valence electrons. The van der Waals surface area contributed by atoms with E-state index in [1.807, 2.05) is 0 Å². The standard InChI is InChI=1S/C14H18N2O2S/c15-13(19)11-1-3-12(4-2-11)14(17)16-9-10-5-7-18-8-6-10/h1-4,10H,5-9H2,(H2,15,19)(H,16,17). The smallest absolute Gasteiger partial charge is 0.251 e. The second-order valence-electron chi connectivity index (χ2n) is 4.71. The molecule has 19 heavy (non-hydrogen) atoms. The van der Waals surface area contributed by atoms with Crippen LogP contribution in [0.5, 0.6) is 0 Å². The van der Waals surface area contributed by atoms with Gasteiger partial charge in [0.1, 0.15) is 4.99 Å². The highest BCUT2D eigenvalue weighted by atomic mass is 32.1. The summed E-state index contributed by atoms with van der Waals surface area (Å²) >= 11 is 4.87. The number of hydrogen-bond donors (Lipinski definition) is 2. The number of thiocarbonyl (C=S) groups is 1. The summed E-state index contributed by atoms with van der Waals surface area (Å²) in [5, 5.41) is 2.96. The first kappa shape index (κ1) is 14.0. The molecule has 0 aromatic heterocycles. The van der Waals surface area contributed by atoms with Crippen molar-refractivity contribution in [3.8, 4) is 0 Å². The summed E-state index contributed by atoms with van der Waals surface area (Å²) in [6.45, 7) is 2.30. The fourth-order valence-electron chi connectivity index (χ4n) is 2.08. The number of nitrogens with one attached hydrogen (secondary N) is 1. The van der Waals surface area contributed by atoms with Gasteiger partial charge in [0.25, 0.3) is 5.91 Å². The van der Waals surface area contributed by atoms with Crippen molar-refractivity contribution in [2.24, 2.45) is 11.7 Å². The van der Waals surface area contributed by atoms with Crippen molar-refractivity contribution in [1.29, 1.82) is 0 Å². The maximum atomic E-state index is 12.0. The van der Waals surface area contributed by atoms with E-state index >= 15 is 0 Å². The van der Waals surface area contributed by atoms with Crippen molar-refractivity contribution < 1.29 is 9.53 Å². The lowest BCUT2D eigenvalue weighted by Crippen LogP contribution is -2.32. The molecular formula is C14H18N2O2S. The Morgan fingerprint density at radius 1 is 1.26 bits per heavy atom. The molecule has 0 bridgehead atoms. The third-order valence-electron chi connectivity index (χ3n) is 3.32. The largest absolute Gasteiger partial charge is 0.389 e. The Bertz CT molecular complexity index is 453. The number of amides is 1. The molecule has 0 unspecified atom stereocenters. The molecule has 0 saturated carbocycles. The van der Waals surface area contributed by atoms with Crippen LogP contribution in [-0.4, -0.2) is 30.7 Å². The molecule has 4 nitrogen and oxygen atoms in total. The minimum absolute atomic E-state index is 0.0546. The van der Waals surface area contributed by atoms with E-state index < -0.39 is 0 Å². The molecule has 5 heteroatoms. The van der Waals surface area contributed by atoms with Gasteiger partial charge in [0.05, 0.1) is 0 Å². The molecule has 1 saturated heterocycles. The lowest BCUT2D eigenvalue weighted by atomic mass is 10.0. The van der Waals surface area contributed by atoms with Gasteiger partial charge in [0.15, 0.2) is 0 Å². The quantitative estimate of drug-likeness (QED) is 0.819. The molecule has 1 amide bonds. The van der Waals surface area contributed by atoms with Crippen LogP contribution in [0.1, 0.15) is 28.8 Å². The maximum Gasteiger partial charge on any atom is 0.251 e. The van der Waals surface area contributed by atoms with Gasteiger partial charge in [-0.2, -0.15) is 0 Å². The van der Waals surface area contributed by atoms with Crippen LogP contribution >= 0.6 is 12.2 Å². The Morgan fingerprint density at radius 3 is 2.42 bits per heavy atom. The minimum Gasteiger partial charge on any atom is -0.389 e. The van der Waals surface area contributed by atoms with Crippen molar-refractivity contribution in [2.75, 3.05) is 19.8 Å². The van der Waals surface area contributed by atoms with Gasteiger partial charge >= 0.3 is 0 Å². The number of ether oxygens (including phenoxy) is 1. The first-order chi connectivity index (χ1) is 9.16. The molecule has 2 rings (SSSR count). The first-order valence-electron chi connectivity index (χ1n) is 6.42. The number of carbonyl (C=O) groups is 1. The molecule has 1 aromatic rings. The van der Waals surface area contributed by atoms with Crippen LogP contribution in [0.15, 0.2) is 24.3 Å². The number of benzene rings is 1. The highest BCUT2D eigenvalue weighted by Crippen LogP contribution is 2.13. The minimum atomic E-state index is -0.0546. The predicted octanol–water partition coefficient (Wildman–Crippen LogP) is 1.48. The zero-order valence-corrected chi connectivity index (χ0v) is 11.5. The molecule has 1 aliphatic heterocycles. The van der Waals surface area contributed by atoms with Crippen LogP contribution in [0, 0.1) is 5.92 Å². The molecule has 1 aliphatic rings. The lowest BCUT2D eigenvalue weighted by molar-refractivity contribution is 0.0642. The van der Waals surface area contributed by atoms with Crippen LogP contribution in [0.2, 0.25) is 0 Å². The normalized spacial score (nSPS) is 16.0. The predicted molar refractivity (Wildman–Crippen MR) is 78.2 cm³/mol. The zero-order chi connectivity index (χ0) is 13.7. The van der Waals surface area contributed by atoms with Gasteiger partial charge in [0.2, 0.25) is 0 Å². The van der Waals surface area contributed by atoms with E-state index in [2.05, 4.69) is 5.32 Å². The molecule has 0 radical (unpaired) electrons. The highest BCUT2D eigenvalue weighted by molar-refractivity contribution is 7.80. The molecule has 0 spiro atoms. The van der Waals surface area contributed by atoms with Crippen LogP contribution in [0.25, 0.3) is 0 Å². The monoisotopic (exact) mass is 278 g/mol. The summed E-state index contributed by atoms with van der Waals surface area (Å²) in [5.74, 6) is 0.467. The van der Waals surface area contributed by atoms with Crippen LogP contribution in [-0.2, 0) is 4.74 Å². The van der Waals surface area contributed by atoms with Gasteiger partial charge in [-0.3, -0.25) is 4.79 Å². The summed E-state index contributed by atoms with van der Waals surface area (Å²) in [6.07, 6.45) is 2.03. The Balaban J connectivity index is 1.86. The molecule has 1 aromatic carbocycles. The van der Waals surface area contributed by atoms with E-state index in [1.54, 1.807) is 24.3 Å². The van der Waals surface area contributed by atoms with E-state index in [9.17, 15) is 4.79 Å². The maximum absolute atomic E-state index is 12.0. The topological polar surface area (TPSA) is 64.4 Å². The second-order valence-corrected chi connectivity index (χ2v) is 5.15. The van der Waals surface area contributed by atoms with Gasteiger partial charge in [-0.15, -0.1) is 0 Å². The molecule has 1 fully saturated rings. The van der Waals surface area contributed by atoms with Crippen LogP contribution in [0.3, 0.4) is 0 Å². The van der Waals surface area contributed by atoms with Gasteiger partial charge < -0.3 is 15.8 Å². The van der Waals surface area contributed by atoms with Crippen molar-refractivity contribution in [3.63, 3.8) is 0 Å². The Labute approximate surface area is 118 Å². The Hall–Kier alpha value is -1.46. The van der Waals surface area contributed by atoms with E-state index in [0.717, 1.165) is 31.6 Å². The summed E-state index contributed by atoms with van der Waals surface area (Å²) in [4.78, 5) is 12.3. The van der Waals surface area contributed by atoms with Crippen LogP contribution < -0.4 is 11.1 Å². The third-order valence-corrected chi connectivity index (χ3v) is 3.56. The van der Waals surface area contributed by atoms with Crippen molar-refractivity contribution in [3.05, 3.63) is 35.4 Å². The second kappa shape index (κ2) is 6.63. The molecule has 0 atom stereocenters. The number of hydrogen-bond acceptors (Lipinski definition) is 3. The average molecular weight is 278 g/mol. The fourth-order valence-corrected chi connectivity index (χ4v) is 2.21. The Kier molecular flexibility index (Phi) is 4.87. The van der Waals surface area contributed by atoms with Crippen LogP contribution in [0.4, 0.5) is 0 Å². The Morgan fingerprint density at radius 2 is 1.84 bits per heavy atom. The molecular weight excluding hydrogens is 260 g/mol. The summed E-state index contributed by atoms with van der Waals surface area (Å²) in [6, 6.07) is 7.03. The molecule has 1 heterocycles. The summed E-state index contributed by atoms with van der Waals surface area (Å²) in [5.41, 5.74) is 6.92. The highest BCUT2D eigenvalue weighted by Gasteiger charge is 2.15. The SMILES string of the molecule is NC(=S)c1ccc(C(=O)NCC2CCOCC2)cc1. The molecule has 0 aliphatic carbocycles. The first-order valence-corrected chi connectivity index (χ1v) is 6.83. The number of rotatable bonds is 4. The number of carbonyl (C=O) groups excluding carboxylic acids is 1. The average Bonchev–Trinajstić information content (AvgIpc) is 2.46. The van der Waals surface area contributed by atoms with Gasteiger partial charge in [0, 0.05) is 30.9 Å². The van der Waals surface area contributed by atoms with Gasteiger partial charge in [-0.25, -0.2) is 0 Å². The van der Waals surface area contributed by atoms with Crippen molar-refractivity contribution in [1.82, 2.24) is 5.32 Å². The lowest BCUT2D eigenvalue weighted by Gasteiger charge is -2.22. The van der Waals surface area contributed by atoms with Crippen molar-refractivity contribution >= 4 is 23.1 Å². The zero-order valence-electron chi connectivity index (χ0n) is 10.7. The van der Waals surface area contributed by atoms with Gasteiger partial charge in [-0.05, 0) is 30.9 Å². The third kappa shape index (κ3) is 4.01. The van der Waals surface area contributed by atoms with E-state index in [1.165, 1.54) is 0 Å². The van der Waals surface area contributed by atoms with Gasteiger partial charge in [-0.1, -0.05) is 24.4 Å². The summed E-state index contributed by atoms with van der Waals surface area (Å²) in [7, 11) is 0. The fraction of sp³-hybridized carbons (Fsp3) is 0.429. The van der Waals surface area contributed by atoms with Crippen molar-refractivity contribution in [2.45, 2.75) is 12.8 Å². The van der Waals surface area contributed by atoms with E-state index in [0.29, 0.717) is 23.0 Å². The molecule has 3 N–H and O–H groups in total. The van der Waals surface area contributed by atoms with E-state index in [4.69, 9.17) is 22.7 Å². The summed E-state index contributed by atoms with van der Waals surface area (Å²) < 4.78 is 5.29.